The first-order valence-corrected chi connectivity index (χ1v) is 4.13. The van der Waals surface area contributed by atoms with Crippen molar-refractivity contribution < 1.29 is 4.39 Å². The van der Waals surface area contributed by atoms with E-state index in [4.69, 9.17) is 12.2 Å². The van der Waals surface area contributed by atoms with Crippen molar-refractivity contribution in [2.75, 3.05) is 0 Å². The van der Waals surface area contributed by atoms with Crippen molar-refractivity contribution >= 4 is 17.2 Å². The summed E-state index contributed by atoms with van der Waals surface area (Å²) in [6.07, 6.45) is 0. The third-order valence-electron chi connectivity index (χ3n) is 1.77. The Hall–Kier alpha value is -1.36. The molecule has 5 heteroatoms. The number of nitrogens with zero attached hydrogens (tertiary/aromatic N) is 2. The fourth-order valence-electron chi connectivity index (χ4n) is 1.11. The van der Waals surface area contributed by atoms with Crippen LogP contribution in [0.15, 0.2) is 34.6 Å². The van der Waals surface area contributed by atoms with Gasteiger partial charge in [0.15, 0.2) is 0 Å². The average Bonchev–Trinajstić information content (AvgIpc) is 2.53. The molecule has 3 nitrogen and oxygen atoms in total. The van der Waals surface area contributed by atoms with Crippen LogP contribution >= 0.6 is 12.2 Å². The average molecular weight is 195 g/mol. The van der Waals surface area contributed by atoms with Gasteiger partial charge in [-0.1, -0.05) is 29.6 Å². The van der Waals surface area contributed by atoms with Crippen LogP contribution in [0.1, 0.15) is 11.6 Å². The number of nitrogens with one attached hydrogen (secondary N) is 1. The second kappa shape index (κ2) is 3.18. The summed E-state index contributed by atoms with van der Waals surface area (Å²) in [5.41, 5.74) is 3.43. The zero-order valence-corrected chi connectivity index (χ0v) is 7.38. The van der Waals surface area contributed by atoms with Gasteiger partial charge in [-0.25, -0.2) is 4.39 Å². The molecule has 1 aliphatic rings. The smallest absolute Gasteiger partial charge is 0.150 e. The molecule has 0 unspecified atom stereocenters. The molecule has 0 fully saturated rings. The maximum absolute atomic E-state index is 12.6. The lowest BCUT2D eigenvalue weighted by atomic mass is 10.1. The molecule has 0 radical (unpaired) electrons. The summed E-state index contributed by atoms with van der Waals surface area (Å²) in [5.74, 6) is -0.266. The number of hydrogen-bond acceptors (Lipinski definition) is 3. The van der Waals surface area contributed by atoms with Gasteiger partial charge in [-0.05, 0) is 17.7 Å². The molecule has 0 spiro atoms. The fourth-order valence-corrected chi connectivity index (χ4v) is 1.34. The van der Waals surface area contributed by atoms with E-state index in [0.717, 1.165) is 5.56 Å². The van der Waals surface area contributed by atoms with Gasteiger partial charge in [0.1, 0.15) is 16.8 Å². The van der Waals surface area contributed by atoms with Crippen molar-refractivity contribution in [3.8, 4) is 0 Å². The number of thiocarbonyl (C=S) groups is 1. The topological polar surface area (TPSA) is 36.8 Å². The molecule has 1 N–H and O–H groups in total. The molecule has 1 aromatic carbocycles. The van der Waals surface area contributed by atoms with Gasteiger partial charge in [-0.15, -0.1) is 0 Å². The Kier molecular flexibility index (Phi) is 2.02. The van der Waals surface area contributed by atoms with Crippen molar-refractivity contribution in [1.29, 1.82) is 0 Å². The van der Waals surface area contributed by atoms with E-state index < -0.39 is 0 Å². The SMILES string of the molecule is Fc1ccc([C@@H]2N=NNC2=S)cc1. The summed E-state index contributed by atoms with van der Waals surface area (Å²) in [7, 11) is 0. The molecule has 13 heavy (non-hydrogen) atoms. The highest BCUT2D eigenvalue weighted by atomic mass is 32.1. The summed E-state index contributed by atoms with van der Waals surface area (Å²) in [6, 6.07) is 5.81. The van der Waals surface area contributed by atoms with Crippen molar-refractivity contribution in [2.24, 2.45) is 10.3 Å². The van der Waals surface area contributed by atoms with Crippen LogP contribution in [-0.4, -0.2) is 4.99 Å². The first-order valence-electron chi connectivity index (χ1n) is 3.72. The monoisotopic (exact) mass is 195 g/mol. The fraction of sp³-hybridized carbons (Fsp3) is 0.125. The predicted octanol–water partition coefficient (Wildman–Crippen LogP) is 2.16. The summed E-state index contributed by atoms with van der Waals surface area (Å²) in [4.78, 5) is 0.548. The van der Waals surface area contributed by atoms with Gasteiger partial charge in [0, 0.05) is 0 Å². The summed E-state index contributed by atoms with van der Waals surface area (Å²) in [6.45, 7) is 0. The Balaban J connectivity index is 2.30. The minimum Gasteiger partial charge on any atom is -0.251 e. The van der Waals surface area contributed by atoms with Crippen LogP contribution in [0.3, 0.4) is 0 Å². The van der Waals surface area contributed by atoms with Crippen molar-refractivity contribution in [3.05, 3.63) is 35.6 Å². The molecule has 1 aromatic rings. The van der Waals surface area contributed by atoms with E-state index in [-0.39, 0.29) is 11.9 Å². The van der Waals surface area contributed by atoms with Gasteiger partial charge >= 0.3 is 0 Å². The molecule has 0 aliphatic carbocycles. The minimum atomic E-state index is -0.266. The summed E-state index contributed by atoms with van der Waals surface area (Å²) < 4.78 is 12.6. The van der Waals surface area contributed by atoms with Crippen LogP contribution in [0.5, 0.6) is 0 Å². The van der Waals surface area contributed by atoms with E-state index in [1.165, 1.54) is 12.1 Å². The Morgan fingerprint density at radius 3 is 2.54 bits per heavy atom. The lowest BCUT2D eigenvalue weighted by molar-refractivity contribution is 0.626. The van der Waals surface area contributed by atoms with Crippen LogP contribution in [0, 0.1) is 5.82 Å². The number of benzene rings is 1. The molecule has 0 amide bonds. The molecule has 66 valence electrons. The van der Waals surface area contributed by atoms with Gasteiger partial charge in [0.25, 0.3) is 0 Å². The summed E-state index contributed by atoms with van der Waals surface area (Å²) >= 11 is 4.96. The van der Waals surface area contributed by atoms with Gasteiger partial charge in [-0.2, -0.15) is 5.11 Å². The van der Waals surface area contributed by atoms with Gasteiger partial charge in [0.05, 0.1) is 0 Å². The van der Waals surface area contributed by atoms with Crippen LogP contribution in [0.25, 0.3) is 0 Å². The molecule has 2 rings (SSSR count). The molecular formula is C8H6FN3S. The normalized spacial score (nSPS) is 20.4. The number of rotatable bonds is 1. The zero-order chi connectivity index (χ0) is 9.26. The summed E-state index contributed by atoms with van der Waals surface area (Å²) in [5, 5.41) is 7.45. The molecule has 0 aromatic heterocycles. The van der Waals surface area contributed by atoms with E-state index in [1.54, 1.807) is 12.1 Å². The third-order valence-corrected chi connectivity index (χ3v) is 2.08. The van der Waals surface area contributed by atoms with Gasteiger partial charge in [0.2, 0.25) is 0 Å². The first-order chi connectivity index (χ1) is 6.27. The molecule has 1 heterocycles. The largest absolute Gasteiger partial charge is 0.251 e. The second-order valence-corrected chi connectivity index (χ2v) is 3.09. The molecule has 0 bridgehead atoms. The van der Waals surface area contributed by atoms with Gasteiger partial charge < -0.3 is 0 Å². The van der Waals surface area contributed by atoms with Crippen LogP contribution in [0.2, 0.25) is 0 Å². The highest BCUT2D eigenvalue weighted by Crippen LogP contribution is 2.22. The lowest BCUT2D eigenvalue weighted by Crippen LogP contribution is -2.14. The van der Waals surface area contributed by atoms with Crippen LogP contribution < -0.4 is 5.43 Å². The highest BCUT2D eigenvalue weighted by Gasteiger charge is 2.20. The maximum atomic E-state index is 12.6. The van der Waals surface area contributed by atoms with Crippen LogP contribution in [-0.2, 0) is 0 Å². The van der Waals surface area contributed by atoms with E-state index in [1.807, 2.05) is 0 Å². The maximum Gasteiger partial charge on any atom is 0.150 e. The van der Waals surface area contributed by atoms with E-state index in [2.05, 4.69) is 15.8 Å². The Labute approximate surface area is 79.6 Å². The molecule has 1 atom stereocenters. The highest BCUT2D eigenvalue weighted by molar-refractivity contribution is 7.80. The first kappa shape index (κ1) is 8.25. The third kappa shape index (κ3) is 1.55. The second-order valence-electron chi connectivity index (χ2n) is 2.65. The standard InChI is InChI=1S/C8H6FN3S/c9-6-3-1-5(2-4-6)7-8(13)11-12-10-7/h1-4,7H,(H,10,11,13)/t7-/m0/s1. The molecule has 1 aliphatic heterocycles. The minimum absolute atomic E-state index is 0.254. The van der Waals surface area contributed by atoms with Gasteiger partial charge in [-0.3, -0.25) is 5.43 Å². The van der Waals surface area contributed by atoms with E-state index in [0.29, 0.717) is 4.99 Å². The van der Waals surface area contributed by atoms with Crippen molar-refractivity contribution in [3.63, 3.8) is 0 Å². The quantitative estimate of drug-likeness (QED) is 0.697. The number of halogens is 1. The number of hydrogen-bond donors (Lipinski definition) is 1. The molecule has 0 saturated carbocycles. The van der Waals surface area contributed by atoms with E-state index in [9.17, 15) is 4.39 Å². The molecule has 0 saturated heterocycles. The Morgan fingerprint density at radius 2 is 2.00 bits per heavy atom. The van der Waals surface area contributed by atoms with Crippen LogP contribution in [0.4, 0.5) is 4.39 Å². The van der Waals surface area contributed by atoms with Crippen molar-refractivity contribution in [1.82, 2.24) is 5.43 Å². The Bertz CT molecular complexity index is 360. The predicted molar refractivity (Wildman–Crippen MR) is 49.7 cm³/mol. The lowest BCUT2D eigenvalue weighted by Gasteiger charge is -2.04. The zero-order valence-electron chi connectivity index (χ0n) is 6.57. The van der Waals surface area contributed by atoms with E-state index >= 15 is 0 Å². The van der Waals surface area contributed by atoms with Crippen molar-refractivity contribution in [2.45, 2.75) is 6.04 Å². The Morgan fingerprint density at radius 1 is 1.31 bits per heavy atom. The molecular weight excluding hydrogens is 189 g/mol.